The van der Waals surface area contributed by atoms with E-state index in [1.54, 1.807) is 0 Å². The van der Waals surface area contributed by atoms with E-state index in [1.807, 2.05) is 45.2 Å². The molecule has 4 nitrogen and oxygen atoms in total. The third kappa shape index (κ3) is 5.06. The van der Waals surface area contributed by atoms with Crippen LogP contribution in [0, 0.1) is 13.8 Å². The van der Waals surface area contributed by atoms with Gasteiger partial charge in [-0.05, 0) is 44.2 Å². The van der Waals surface area contributed by atoms with E-state index in [4.69, 9.17) is 4.74 Å². The predicted octanol–water partition coefficient (Wildman–Crippen LogP) is 1.91. The van der Waals surface area contributed by atoms with Gasteiger partial charge in [0.1, 0.15) is 5.75 Å². The average Bonchev–Trinajstić information content (AvgIpc) is 2.41. The zero-order valence-electron chi connectivity index (χ0n) is 12.5. The maximum Gasteiger partial charge on any atom is 0.258 e. The molecule has 0 aliphatic heterocycles. The van der Waals surface area contributed by atoms with Crippen LogP contribution in [0.15, 0.2) is 18.2 Å². The van der Waals surface area contributed by atoms with Gasteiger partial charge in [-0.2, -0.15) is 11.8 Å². The number of aliphatic hydroxyl groups is 1. The molecule has 0 aliphatic carbocycles. The third-order valence-corrected chi connectivity index (χ3v) is 4.29. The lowest BCUT2D eigenvalue weighted by atomic mass is 10.1. The van der Waals surface area contributed by atoms with E-state index in [0.29, 0.717) is 0 Å². The van der Waals surface area contributed by atoms with Crippen molar-refractivity contribution in [3.05, 3.63) is 29.3 Å². The highest BCUT2D eigenvalue weighted by molar-refractivity contribution is 7.99. The Hall–Kier alpha value is -1.20. The highest BCUT2D eigenvalue weighted by Gasteiger charge is 2.17. The van der Waals surface area contributed by atoms with Crippen LogP contribution >= 0.6 is 11.8 Å². The Morgan fingerprint density at radius 3 is 2.75 bits per heavy atom. The quantitative estimate of drug-likeness (QED) is 0.807. The van der Waals surface area contributed by atoms with Gasteiger partial charge in [0.25, 0.3) is 5.91 Å². The number of ether oxygens (including phenoxy) is 1. The van der Waals surface area contributed by atoms with Crippen LogP contribution in [0.1, 0.15) is 18.1 Å². The monoisotopic (exact) mass is 297 g/mol. The van der Waals surface area contributed by atoms with Gasteiger partial charge in [0.15, 0.2) is 6.61 Å². The fourth-order valence-corrected chi connectivity index (χ4v) is 2.46. The fourth-order valence-electron chi connectivity index (χ4n) is 1.83. The van der Waals surface area contributed by atoms with E-state index in [-0.39, 0.29) is 30.4 Å². The zero-order chi connectivity index (χ0) is 15.1. The van der Waals surface area contributed by atoms with Gasteiger partial charge in [0, 0.05) is 11.3 Å². The van der Waals surface area contributed by atoms with Crippen LogP contribution in [-0.4, -0.2) is 41.8 Å². The molecule has 0 radical (unpaired) electrons. The largest absolute Gasteiger partial charge is 0.483 e. The number of carbonyl (C=O) groups excluding carboxylic acids is 1. The van der Waals surface area contributed by atoms with Crippen LogP contribution in [0.25, 0.3) is 0 Å². The summed E-state index contributed by atoms with van der Waals surface area (Å²) in [5.74, 6) is 0.558. The highest BCUT2D eigenvalue weighted by atomic mass is 32.2. The minimum Gasteiger partial charge on any atom is -0.483 e. The van der Waals surface area contributed by atoms with Crippen molar-refractivity contribution in [3.8, 4) is 5.75 Å². The molecule has 1 amide bonds. The number of rotatable bonds is 7. The Morgan fingerprint density at radius 1 is 1.45 bits per heavy atom. The average molecular weight is 297 g/mol. The van der Waals surface area contributed by atoms with Crippen LogP contribution in [-0.2, 0) is 4.79 Å². The molecule has 1 rings (SSSR count). The third-order valence-electron chi connectivity index (χ3n) is 3.13. The van der Waals surface area contributed by atoms with E-state index in [1.165, 1.54) is 11.8 Å². The molecule has 0 aromatic heterocycles. The first-order valence-electron chi connectivity index (χ1n) is 6.61. The van der Waals surface area contributed by atoms with Gasteiger partial charge >= 0.3 is 0 Å². The molecule has 0 spiro atoms. The van der Waals surface area contributed by atoms with E-state index >= 15 is 0 Å². The normalized spacial score (nSPS) is 13.7. The molecule has 0 saturated heterocycles. The van der Waals surface area contributed by atoms with Gasteiger partial charge in [0.05, 0.1) is 6.61 Å². The molecule has 2 unspecified atom stereocenters. The summed E-state index contributed by atoms with van der Waals surface area (Å²) in [6.45, 7) is 5.85. The lowest BCUT2D eigenvalue weighted by molar-refractivity contribution is -0.123. The van der Waals surface area contributed by atoms with Gasteiger partial charge in [0.2, 0.25) is 0 Å². The van der Waals surface area contributed by atoms with Crippen LogP contribution in [0.3, 0.4) is 0 Å². The molecule has 0 bridgehead atoms. The second kappa shape index (κ2) is 8.17. The number of aryl methyl sites for hydroxylation is 2. The molecule has 1 aromatic carbocycles. The Kier molecular flexibility index (Phi) is 6.88. The summed E-state index contributed by atoms with van der Waals surface area (Å²) in [6, 6.07) is 5.81. The zero-order valence-corrected chi connectivity index (χ0v) is 13.3. The summed E-state index contributed by atoms with van der Waals surface area (Å²) >= 11 is 1.53. The number of hydrogen-bond donors (Lipinski definition) is 2. The Balaban J connectivity index is 2.49. The fraction of sp³-hybridized carbons (Fsp3) is 0.533. The van der Waals surface area contributed by atoms with Crippen molar-refractivity contribution in [3.63, 3.8) is 0 Å². The number of amides is 1. The molecule has 5 heteroatoms. The van der Waals surface area contributed by atoms with Gasteiger partial charge in [-0.1, -0.05) is 12.1 Å². The summed E-state index contributed by atoms with van der Waals surface area (Å²) in [7, 11) is 0. The van der Waals surface area contributed by atoms with Crippen molar-refractivity contribution < 1.29 is 14.6 Å². The maximum absolute atomic E-state index is 11.8. The molecule has 1 aromatic rings. The molecular weight excluding hydrogens is 274 g/mol. The van der Waals surface area contributed by atoms with Crippen molar-refractivity contribution in [2.75, 3.05) is 19.5 Å². The molecule has 0 heterocycles. The van der Waals surface area contributed by atoms with Crippen molar-refractivity contribution in [1.29, 1.82) is 0 Å². The minimum atomic E-state index is -0.175. The maximum atomic E-state index is 11.8. The summed E-state index contributed by atoms with van der Waals surface area (Å²) < 4.78 is 5.55. The number of thioether (sulfide) groups is 1. The summed E-state index contributed by atoms with van der Waals surface area (Å²) in [5, 5.41) is 12.0. The van der Waals surface area contributed by atoms with E-state index < -0.39 is 0 Å². The minimum absolute atomic E-state index is 0.000319. The summed E-state index contributed by atoms with van der Waals surface area (Å²) in [4.78, 5) is 11.8. The number of carbonyl (C=O) groups is 1. The molecule has 0 fully saturated rings. The second-order valence-electron chi connectivity index (χ2n) is 4.87. The van der Waals surface area contributed by atoms with E-state index in [0.717, 1.165) is 16.9 Å². The van der Waals surface area contributed by atoms with Gasteiger partial charge in [-0.3, -0.25) is 4.79 Å². The molecule has 0 aliphatic rings. The van der Waals surface area contributed by atoms with Crippen LogP contribution in [0.2, 0.25) is 0 Å². The van der Waals surface area contributed by atoms with Gasteiger partial charge in [-0.25, -0.2) is 0 Å². The molecule has 20 heavy (non-hydrogen) atoms. The first-order valence-corrected chi connectivity index (χ1v) is 7.89. The van der Waals surface area contributed by atoms with Crippen molar-refractivity contribution in [2.24, 2.45) is 0 Å². The number of nitrogens with one attached hydrogen (secondary N) is 1. The smallest absolute Gasteiger partial charge is 0.258 e. The van der Waals surface area contributed by atoms with E-state index in [9.17, 15) is 9.90 Å². The highest BCUT2D eigenvalue weighted by Crippen LogP contribution is 2.18. The topological polar surface area (TPSA) is 58.6 Å². The first-order chi connectivity index (χ1) is 9.47. The lowest BCUT2D eigenvalue weighted by Crippen LogP contribution is -2.43. The van der Waals surface area contributed by atoms with E-state index in [2.05, 4.69) is 5.32 Å². The number of benzene rings is 1. The molecule has 2 N–H and O–H groups in total. The van der Waals surface area contributed by atoms with Crippen molar-refractivity contribution in [1.82, 2.24) is 5.32 Å². The number of aliphatic hydroxyl groups excluding tert-OH is 1. The summed E-state index contributed by atoms with van der Waals surface area (Å²) in [6.07, 6.45) is 1.91. The van der Waals surface area contributed by atoms with Gasteiger partial charge < -0.3 is 15.2 Å². The van der Waals surface area contributed by atoms with Crippen molar-refractivity contribution in [2.45, 2.75) is 32.1 Å². The van der Waals surface area contributed by atoms with Crippen LogP contribution in [0.4, 0.5) is 0 Å². The first kappa shape index (κ1) is 16.9. The Bertz CT molecular complexity index is 447. The van der Waals surface area contributed by atoms with Crippen LogP contribution < -0.4 is 10.1 Å². The van der Waals surface area contributed by atoms with Gasteiger partial charge in [-0.15, -0.1) is 0 Å². The Morgan fingerprint density at radius 2 is 2.15 bits per heavy atom. The standard InChI is InChI=1S/C15H23NO3S/c1-10-5-6-11(2)13(7-10)19-9-15(18)16-12(3)14(8-17)20-4/h5-7,12,14,17H,8-9H2,1-4H3,(H,16,18). The SMILES string of the molecule is CSC(CO)C(C)NC(=O)COc1cc(C)ccc1C. The second-order valence-corrected chi connectivity index (χ2v) is 5.95. The lowest BCUT2D eigenvalue weighted by Gasteiger charge is -2.21. The number of hydrogen-bond acceptors (Lipinski definition) is 4. The van der Waals surface area contributed by atoms with Crippen molar-refractivity contribution >= 4 is 17.7 Å². The molecule has 112 valence electrons. The Labute approximate surface area is 124 Å². The summed E-state index contributed by atoms with van der Waals surface area (Å²) in [5.41, 5.74) is 2.11. The molecule has 0 saturated carbocycles. The predicted molar refractivity (Wildman–Crippen MR) is 83.4 cm³/mol. The molecule has 2 atom stereocenters. The van der Waals surface area contributed by atoms with Crippen LogP contribution in [0.5, 0.6) is 5.75 Å². The molecular formula is C15H23NO3S.